The molecule has 0 aliphatic rings. The molecule has 0 saturated heterocycles. The third kappa shape index (κ3) is 2.36. The Morgan fingerprint density at radius 3 is 1.94 bits per heavy atom. The van der Waals surface area contributed by atoms with Gasteiger partial charge >= 0.3 is 0 Å². The molecular weight excluding hydrogens is 231 g/mol. The smallest absolute Gasteiger partial charge is 0.218 e. The molecule has 0 N–H and O–H groups in total. The molecule has 0 bridgehead atoms. The molecule has 1 amide bonds. The van der Waals surface area contributed by atoms with Gasteiger partial charge in [0.2, 0.25) is 6.41 Å². The van der Waals surface area contributed by atoms with E-state index >= 15 is 0 Å². The lowest BCUT2D eigenvalue weighted by atomic mass is 10.2. The van der Waals surface area contributed by atoms with E-state index in [0.717, 1.165) is 0 Å². The number of anilines is 2. The van der Waals surface area contributed by atoms with Gasteiger partial charge in [-0.1, -0.05) is 0 Å². The zero-order chi connectivity index (χ0) is 13.0. The van der Waals surface area contributed by atoms with Crippen LogP contribution in [0.1, 0.15) is 5.56 Å². The summed E-state index contributed by atoms with van der Waals surface area (Å²) in [6.07, 6.45) is 0.647. The molecule has 0 radical (unpaired) electrons. The van der Waals surface area contributed by atoms with Crippen LogP contribution >= 0.6 is 0 Å². The van der Waals surface area contributed by atoms with Crippen LogP contribution < -0.4 is 4.90 Å². The fourth-order valence-corrected chi connectivity index (χ4v) is 1.57. The first kappa shape index (κ1) is 11.8. The Balaban J connectivity index is 2.36. The number of nitrogens with zero attached hydrogens (tertiary/aromatic N) is 2. The minimum absolute atomic E-state index is 0.357. The van der Waals surface area contributed by atoms with E-state index in [1.165, 1.54) is 29.2 Å². The van der Waals surface area contributed by atoms with Gasteiger partial charge < -0.3 is 0 Å². The van der Waals surface area contributed by atoms with E-state index in [9.17, 15) is 9.18 Å². The van der Waals surface area contributed by atoms with E-state index in [1.807, 2.05) is 6.07 Å². The first-order valence-corrected chi connectivity index (χ1v) is 5.25. The summed E-state index contributed by atoms with van der Waals surface area (Å²) in [6, 6.07) is 14.2. The zero-order valence-electron chi connectivity index (χ0n) is 9.38. The highest BCUT2D eigenvalue weighted by Crippen LogP contribution is 2.24. The Hall–Kier alpha value is -2.67. The van der Waals surface area contributed by atoms with Crippen molar-refractivity contribution in [3.8, 4) is 6.07 Å². The lowest BCUT2D eigenvalue weighted by molar-refractivity contribution is -0.106. The summed E-state index contributed by atoms with van der Waals surface area (Å²) >= 11 is 0. The first-order valence-electron chi connectivity index (χ1n) is 5.25. The largest absolute Gasteiger partial charge is 0.284 e. The van der Waals surface area contributed by atoms with E-state index in [2.05, 4.69) is 0 Å². The monoisotopic (exact) mass is 240 g/mol. The van der Waals surface area contributed by atoms with Gasteiger partial charge in [-0.25, -0.2) is 4.39 Å². The Morgan fingerprint density at radius 2 is 1.50 bits per heavy atom. The standard InChI is InChI=1S/C14H9FN2O/c15-12-3-7-14(8-4-12)17(10-18)13-5-1-11(9-16)2-6-13/h1-8,10H. The maximum Gasteiger partial charge on any atom is 0.218 e. The van der Waals surface area contributed by atoms with E-state index in [1.54, 1.807) is 24.3 Å². The highest BCUT2D eigenvalue weighted by Gasteiger charge is 2.07. The molecule has 0 aliphatic carbocycles. The van der Waals surface area contributed by atoms with Gasteiger partial charge in [-0.3, -0.25) is 9.69 Å². The second-order valence-corrected chi connectivity index (χ2v) is 3.61. The van der Waals surface area contributed by atoms with Crippen molar-refractivity contribution in [3.63, 3.8) is 0 Å². The van der Waals surface area contributed by atoms with Crippen molar-refractivity contribution in [2.45, 2.75) is 0 Å². The molecule has 2 aromatic rings. The summed E-state index contributed by atoms with van der Waals surface area (Å²) in [5, 5.41) is 8.70. The van der Waals surface area contributed by atoms with Gasteiger partial charge in [-0.05, 0) is 48.5 Å². The van der Waals surface area contributed by atoms with Gasteiger partial charge in [0.25, 0.3) is 0 Å². The SMILES string of the molecule is N#Cc1ccc(N(C=O)c2ccc(F)cc2)cc1. The molecule has 0 unspecified atom stereocenters. The molecule has 0 fully saturated rings. The van der Waals surface area contributed by atoms with Gasteiger partial charge in [0.1, 0.15) is 5.82 Å². The molecule has 4 heteroatoms. The highest BCUT2D eigenvalue weighted by atomic mass is 19.1. The van der Waals surface area contributed by atoms with Crippen LogP contribution in [0.5, 0.6) is 0 Å². The first-order chi connectivity index (χ1) is 8.74. The van der Waals surface area contributed by atoms with Crippen LogP contribution in [0.25, 0.3) is 0 Å². The van der Waals surface area contributed by atoms with Crippen molar-refractivity contribution in [1.82, 2.24) is 0 Å². The van der Waals surface area contributed by atoms with Crippen molar-refractivity contribution in [2.24, 2.45) is 0 Å². The number of benzene rings is 2. The van der Waals surface area contributed by atoms with Crippen molar-refractivity contribution in [2.75, 3.05) is 4.90 Å². The van der Waals surface area contributed by atoms with E-state index in [-0.39, 0.29) is 5.82 Å². The Bertz CT molecular complexity index is 585. The summed E-state index contributed by atoms with van der Waals surface area (Å²) in [7, 11) is 0. The number of nitriles is 1. The van der Waals surface area contributed by atoms with Crippen LogP contribution in [0.2, 0.25) is 0 Å². The molecule has 0 saturated carbocycles. The Labute approximate surface area is 104 Å². The lowest BCUT2D eigenvalue weighted by Gasteiger charge is -2.17. The van der Waals surface area contributed by atoms with Gasteiger partial charge in [0.05, 0.1) is 11.6 Å². The molecule has 0 heterocycles. The number of halogens is 1. The fourth-order valence-electron chi connectivity index (χ4n) is 1.57. The summed E-state index contributed by atoms with van der Waals surface area (Å²) < 4.78 is 12.8. The summed E-state index contributed by atoms with van der Waals surface area (Å²) in [4.78, 5) is 12.5. The fraction of sp³-hybridized carbons (Fsp3) is 0. The zero-order valence-corrected chi connectivity index (χ0v) is 9.38. The number of carbonyl (C=O) groups is 1. The molecule has 0 aromatic heterocycles. The predicted octanol–water partition coefficient (Wildman–Crippen LogP) is 2.99. The topological polar surface area (TPSA) is 44.1 Å². The summed E-state index contributed by atoms with van der Waals surface area (Å²) in [5.41, 5.74) is 1.70. The molecular formula is C14H9FN2O. The Kier molecular flexibility index (Phi) is 3.35. The molecule has 0 spiro atoms. The lowest BCUT2D eigenvalue weighted by Crippen LogP contribution is -2.13. The van der Waals surface area contributed by atoms with Gasteiger partial charge in [-0.2, -0.15) is 5.26 Å². The summed E-state index contributed by atoms with van der Waals surface area (Å²) in [5.74, 6) is -0.357. The number of carbonyl (C=O) groups excluding carboxylic acids is 1. The van der Waals surface area contributed by atoms with Crippen LogP contribution in [-0.4, -0.2) is 6.41 Å². The average Bonchev–Trinajstić information content (AvgIpc) is 2.42. The molecule has 88 valence electrons. The second kappa shape index (κ2) is 5.11. The van der Waals surface area contributed by atoms with E-state index < -0.39 is 0 Å². The van der Waals surface area contributed by atoms with Crippen molar-refractivity contribution in [1.29, 1.82) is 5.26 Å². The molecule has 2 aromatic carbocycles. The second-order valence-electron chi connectivity index (χ2n) is 3.61. The molecule has 0 aliphatic heterocycles. The maximum absolute atomic E-state index is 12.8. The molecule has 2 rings (SSSR count). The van der Waals surface area contributed by atoms with Crippen molar-refractivity contribution < 1.29 is 9.18 Å². The predicted molar refractivity (Wildman–Crippen MR) is 65.8 cm³/mol. The van der Waals surface area contributed by atoms with Crippen LogP contribution in [0, 0.1) is 17.1 Å². The maximum atomic E-state index is 12.8. The van der Waals surface area contributed by atoms with E-state index in [0.29, 0.717) is 23.3 Å². The number of rotatable bonds is 3. The molecule has 0 atom stereocenters. The highest BCUT2D eigenvalue weighted by molar-refractivity contribution is 5.86. The third-order valence-corrected chi connectivity index (χ3v) is 2.48. The van der Waals surface area contributed by atoms with Gasteiger partial charge in [-0.15, -0.1) is 0 Å². The minimum atomic E-state index is -0.357. The van der Waals surface area contributed by atoms with Crippen LogP contribution in [-0.2, 0) is 4.79 Å². The van der Waals surface area contributed by atoms with E-state index in [4.69, 9.17) is 5.26 Å². The number of amides is 1. The Morgan fingerprint density at radius 1 is 1.00 bits per heavy atom. The summed E-state index contributed by atoms with van der Waals surface area (Å²) in [6.45, 7) is 0. The van der Waals surface area contributed by atoms with Crippen LogP contribution in [0.4, 0.5) is 15.8 Å². The number of hydrogen-bond donors (Lipinski definition) is 0. The van der Waals surface area contributed by atoms with Crippen LogP contribution in [0.15, 0.2) is 48.5 Å². The normalized spacial score (nSPS) is 9.56. The van der Waals surface area contributed by atoms with Gasteiger partial charge in [0.15, 0.2) is 0 Å². The quantitative estimate of drug-likeness (QED) is 0.774. The van der Waals surface area contributed by atoms with Crippen molar-refractivity contribution in [3.05, 3.63) is 59.9 Å². The molecule has 18 heavy (non-hydrogen) atoms. The van der Waals surface area contributed by atoms with Crippen molar-refractivity contribution >= 4 is 17.8 Å². The average molecular weight is 240 g/mol. The number of hydrogen-bond acceptors (Lipinski definition) is 2. The van der Waals surface area contributed by atoms with Crippen LogP contribution in [0.3, 0.4) is 0 Å². The van der Waals surface area contributed by atoms with Gasteiger partial charge in [0, 0.05) is 11.4 Å². The minimum Gasteiger partial charge on any atom is -0.284 e. The molecule has 3 nitrogen and oxygen atoms in total. The third-order valence-electron chi connectivity index (χ3n) is 2.48.